The smallest absolute Gasteiger partial charge is 0.225 e. The van der Waals surface area contributed by atoms with E-state index in [4.69, 9.17) is 4.74 Å². The lowest BCUT2D eigenvalue weighted by molar-refractivity contribution is -0.131. The van der Waals surface area contributed by atoms with Gasteiger partial charge in [0.25, 0.3) is 0 Å². The predicted molar refractivity (Wildman–Crippen MR) is 82.3 cm³/mol. The standard InChI is InChI=1S/C16H27N3O3/c1-18-6-2-13(3-7-18)17-16(21)12-10-15(20)19(11-12)14-4-8-22-9-5-14/h12-14H,2-11H2,1H3,(H,17,21)/t12-/m1/s1. The van der Waals surface area contributed by atoms with E-state index in [0.717, 1.165) is 52.0 Å². The van der Waals surface area contributed by atoms with Crippen molar-refractivity contribution in [3.05, 3.63) is 0 Å². The second-order valence-electron chi connectivity index (χ2n) is 6.88. The zero-order valence-electron chi connectivity index (χ0n) is 13.4. The number of nitrogens with zero attached hydrogens (tertiary/aromatic N) is 2. The summed E-state index contributed by atoms with van der Waals surface area (Å²) in [6.07, 6.45) is 4.18. The first-order chi connectivity index (χ1) is 10.6. The van der Waals surface area contributed by atoms with Crippen LogP contribution in [-0.2, 0) is 14.3 Å². The van der Waals surface area contributed by atoms with Crippen LogP contribution >= 0.6 is 0 Å². The van der Waals surface area contributed by atoms with Crippen LogP contribution in [0.3, 0.4) is 0 Å². The van der Waals surface area contributed by atoms with Crippen molar-refractivity contribution in [2.75, 3.05) is 39.9 Å². The third kappa shape index (κ3) is 3.60. The van der Waals surface area contributed by atoms with E-state index in [2.05, 4.69) is 17.3 Å². The summed E-state index contributed by atoms with van der Waals surface area (Å²) in [6.45, 7) is 4.09. The van der Waals surface area contributed by atoms with Crippen molar-refractivity contribution < 1.29 is 14.3 Å². The van der Waals surface area contributed by atoms with E-state index in [1.54, 1.807) is 0 Å². The van der Waals surface area contributed by atoms with Gasteiger partial charge in [0.1, 0.15) is 0 Å². The van der Waals surface area contributed by atoms with Crippen LogP contribution in [-0.4, -0.2) is 73.6 Å². The number of likely N-dealkylation sites (tertiary alicyclic amines) is 2. The molecule has 6 nitrogen and oxygen atoms in total. The number of nitrogens with one attached hydrogen (secondary N) is 1. The van der Waals surface area contributed by atoms with Crippen molar-refractivity contribution in [2.24, 2.45) is 5.92 Å². The number of hydrogen-bond acceptors (Lipinski definition) is 4. The molecule has 3 heterocycles. The van der Waals surface area contributed by atoms with Crippen LogP contribution in [0.15, 0.2) is 0 Å². The van der Waals surface area contributed by atoms with E-state index in [9.17, 15) is 9.59 Å². The Labute approximate surface area is 132 Å². The Morgan fingerprint density at radius 3 is 2.55 bits per heavy atom. The molecule has 3 fully saturated rings. The van der Waals surface area contributed by atoms with Gasteiger partial charge in [0.15, 0.2) is 0 Å². The van der Waals surface area contributed by atoms with Crippen LogP contribution in [0.1, 0.15) is 32.1 Å². The molecular weight excluding hydrogens is 282 g/mol. The second kappa shape index (κ2) is 6.96. The molecule has 0 unspecified atom stereocenters. The Balaban J connectivity index is 1.50. The van der Waals surface area contributed by atoms with Crippen molar-refractivity contribution in [1.29, 1.82) is 0 Å². The van der Waals surface area contributed by atoms with E-state index in [1.165, 1.54) is 0 Å². The van der Waals surface area contributed by atoms with Crippen molar-refractivity contribution in [3.8, 4) is 0 Å². The number of piperidine rings is 1. The molecule has 0 aromatic carbocycles. The van der Waals surface area contributed by atoms with Crippen LogP contribution in [0.4, 0.5) is 0 Å². The number of ether oxygens (including phenoxy) is 1. The molecule has 3 aliphatic rings. The summed E-state index contributed by atoms with van der Waals surface area (Å²) in [7, 11) is 2.11. The van der Waals surface area contributed by atoms with Gasteiger partial charge in [-0.15, -0.1) is 0 Å². The Morgan fingerprint density at radius 2 is 1.86 bits per heavy atom. The highest BCUT2D eigenvalue weighted by atomic mass is 16.5. The van der Waals surface area contributed by atoms with Crippen molar-refractivity contribution >= 4 is 11.8 Å². The number of carbonyl (C=O) groups is 2. The van der Waals surface area contributed by atoms with Crippen molar-refractivity contribution in [2.45, 2.75) is 44.2 Å². The third-order valence-corrected chi connectivity index (χ3v) is 5.23. The summed E-state index contributed by atoms with van der Waals surface area (Å²) in [5.41, 5.74) is 0. The lowest BCUT2D eigenvalue weighted by Crippen LogP contribution is -2.46. The van der Waals surface area contributed by atoms with Gasteiger partial charge in [0.2, 0.25) is 11.8 Å². The monoisotopic (exact) mass is 309 g/mol. The summed E-state index contributed by atoms with van der Waals surface area (Å²) < 4.78 is 5.36. The molecule has 22 heavy (non-hydrogen) atoms. The molecule has 1 N–H and O–H groups in total. The maximum Gasteiger partial charge on any atom is 0.225 e. The average molecular weight is 309 g/mol. The molecule has 3 aliphatic heterocycles. The second-order valence-corrected chi connectivity index (χ2v) is 6.88. The van der Waals surface area contributed by atoms with Gasteiger partial charge in [-0.1, -0.05) is 0 Å². The van der Waals surface area contributed by atoms with Crippen LogP contribution in [0.25, 0.3) is 0 Å². The van der Waals surface area contributed by atoms with Gasteiger partial charge in [-0.05, 0) is 45.8 Å². The lowest BCUT2D eigenvalue weighted by atomic mass is 10.0. The Kier molecular flexibility index (Phi) is 4.98. The Bertz CT molecular complexity index is 415. The molecule has 124 valence electrons. The molecule has 0 saturated carbocycles. The molecule has 6 heteroatoms. The molecular formula is C16H27N3O3. The van der Waals surface area contributed by atoms with E-state index in [0.29, 0.717) is 13.0 Å². The van der Waals surface area contributed by atoms with Crippen molar-refractivity contribution in [1.82, 2.24) is 15.1 Å². The third-order valence-electron chi connectivity index (χ3n) is 5.23. The Hall–Kier alpha value is -1.14. The highest BCUT2D eigenvalue weighted by Gasteiger charge is 2.38. The number of rotatable bonds is 3. The Morgan fingerprint density at radius 1 is 1.18 bits per heavy atom. The van der Waals surface area contributed by atoms with Crippen LogP contribution in [0.2, 0.25) is 0 Å². The van der Waals surface area contributed by atoms with Gasteiger partial charge in [0.05, 0.1) is 5.92 Å². The largest absolute Gasteiger partial charge is 0.381 e. The molecule has 2 amide bonds. The summed E-state index contributed by atoms with van der Waals surface area (Å²) in [4.78, 5) is 28.9. The van der Waals surface area contributed by atoms with Crippen molar-refractivity contribution in [3.63, 3.8) is 0 Å². The molecule has 3 saturated heterocycles. The first-order valence-electron chi connectivity index (χ1n) is 8.49. The predicted octanol–water partition coefficient (Wildman–Crippen LogP) is 0.224. The fourth-order valence-corrected chi connectivity index (χ4v) is 3.73. The lowest BCUT2D eigenvalue weighted by Gasteiger charge is -2.32. The van der Waals surface area contributed by atoms with Crippen LogP contribution in [0, 0.1) is 5.92 Å². The minimum absolute atomic E-state index is 0.0671. The summed E-state index contributed by atoms with van der Waals surface area (Å²) in [5.74, 6) is 0.0305. The maximum absolute atomic E-state index is 12.4. The average Bonchev–Trinajstić information content (AvgIpc) is 2.92. The number of carbonyl (C=O) groups excluding carboxylic acids is 2. The van der Waals surface area contributed by atoms with E-state index in [-0.39, 0.29) is 29.8 Å². The minimum Gasteiger partial charge on any atom is -0.381 e. The fourth-order valence-electron chi connectivity index (χ4n) is 3.73. The SMILES string of the molecule is CN1CCC(NC(=O)[C@@H]2CC(=O)N(C3CCOCC3)C2)CC1. The van der Waals surface area contributed by atoms with E-state index >= 15 is 0 Å². The summed E-state index contributed by atoms with van der Waals surface area (Å²) in [6, 6.07) is 0.540. The number of hydrogen-bond donors (Lipinski definition) is 1. The van der Waals surface area contributed by atoms with Gasteiger partial charge in [-0.25, -0.2) is 0 Å². The van der Waals surface area contributed by atoms with Gasteiger partial charge in [0, 0.05) is 38.3 Å². The molecule has 0 aromatic rings. The highest BCUT2D eigenvalue weighted by molar-refractivity contribution is 5.89. The van der Waals surface area contributed by atoms with Gasteiger partial charge < -0.3 is 19.9 Å². The van der Waals surface area contributed by atoms with E-state index < -0.39 is 0 Å². The zero-order valence-corrected chi connectivity index (χ0v) is 13.4. The topological polar surface area (TPSA) is 61.9 Å². The van der Waals surface area contributed by atoms with Crippen LogP contribution in [0.5, 0.6) is 0 Å². The molecule has 0 radical (unpaired) electrons. The molecule has 0 aromatic heterocycles. The minimum atomic E-state index is -0.171. The maximum atomic E-state index is 12.4. The fraction of sp³-hybridized carbons (Fsp3) is 0.875. The van der Waals surface area contributed by atoms with Gasteiger partial charge in [-0.2, -0.15) is 0 Å². The van der Waals surface area contributed by atoms with Gasteiger partial charge >= 0.3 is 0 Å². The number of amides is 2. The van der Waals surface area contributed by atoms with Gasteiger partial charge in [-0.3, -0.25) is 9.59 Å². The van der Waals surface area contributed by atoms with Crippen LogP contribution < -0.4 is 5.32 Å². The molecule has 3 rings (SSSR count). The molecule has 0 spiro atoms. The van der Waals surface area contributed by atoms with E-state index in [1.807, 2.05) is 4.90 Å². The summed E-state index contributed by atoms with van der Waals surface area (Å²) >= 11 is 0. The highest BCUT2D eigenvalue weighted by Crippen LogP contribution is 2.25. The summed E-state index contributed by atoms with van der Waals surface area (Å²) in [5, 5.41) is 3.16. The molecule has 0 bridgehead atoms. The molecule has 0 aliphatic carbocycles. The first-order valence-corrected chi connectivity index (χ1v) is 8.49. The quantitative estimate of drug-likeness (QED) is 0.810. The first kappa shape index (κ1) is 15.7. The normalized spacial score (nSPS) is 29.0. The zero-order chi connectivity index (χ0) is 15.5. The molecule has 1 atom stereocenters.